The number of anilines is 1. The van der Waals surface area contributed by atoms with Gasteiger partial charge in [-0.25, -0.2) is 0 Å². The highest BCUT2D eigenvalue weighted by Crippen LogP contribution is 2.28. The zero-order valence-corrected chi connectivity index (χ0v) is 11.1. The van der Waals surface area contributed by atoms with Crippen molar-refractivity contribution in [2.45, 2.75) is 18.6 Å². The molecule has 0 saturated carbocycles. The van der Waals surface area contributed by atoms with Gasteiger partial charge in [0, 0.05) is 13.0 Å². The van der Waals surface area contributed by atoms with Crippen LogP contribution in [0.4, 0.5) is 5.69 Å². The number of para-hydroxylation sites is 1. The van der Waals surface area contributed by atoms with Crippen LogP contribution in [0, 0.1) is 0 Å². The normalized spacial score (nSPS) is 21.8. The monoisotopic (exact) mass is 279 g/mol. The van der Waals surface area contributed by atoms with E-state index in [9.17, 15) is 14.7 Å². The fourth-order valence-electron chi connectivity index (χ4n) is 2.37. The third-order valence-electron chi connectivity index (χ3n) is 3.38. The molecule has 5 N–H and O–H groups in total. The molecule has 1 fully saturated rings. The summed E-state index contributed by atoms with van der Waals surface area (Å²) in [7, 11) is 1.45. The van der Waals surface area contributed by atoms with Crippen LogP contribution in [0.5, 0.6) is 5.75 Å². The average molecular weight is 279 g/mol. The predicted octanol–water partition coefficient (Wildman–Crippen LogP) is -0.662. The molecule has 108 valence electrons. The predicted molar refractivity (Wildman–Crippen MR) is 72.0 cm³/mol. The van der Waals surface area contributed by atoms with E-state index in [1.54, 1.807) is 18.2 Å². The van der Waals surface area contributed by atoms with Crippen molar-refractivity contribution < 1.29 is 19.4 Å². The number of ether oxygens (including phenoxy) is 1. The zero-order valence-electron chi connectivity index (χ0n) is 11.1. The van der Waals surface area contributed by atoms with Gasteiger partial charge in [0.2, 0.25) is 5.91 Å². The standard InChI is InChI=1S/C13H17N3O4/c1-20-10-4-2-3-8(11(10)14)13(19)16-6-7(17)5-9(16)12(15)18/h2-4,7,9,17H,5-6,14H2,1H3,(H2,15,18). The number of rotatable bonds is 3. The van der Waals surface area contributed by atoms with Gasteiger partial charge in [-0.15, -0.1) is 0 Å². The van der Waals surface area contributed by atoms with E-state index in [2.05, 4.69) is 0 Å². The Bertz CT molecular complexity index is 546. The van der Waals surface area contributed by atoms with Crippen LogP contribution in [0.15, 0.2) is 18.2 Å². The number of amides is 2. The van der Waals surface area contributed by atoms with Crippen LogP contribution in [0.2, 0.25) is 0 Å². The quantitative estimate of drug-likeness (QED) is 0.634. The molecule has 2 amide bonds. The van der Waals surface area contributed by atoms with E-state index in [4.69, 9.17) is 16.2 Å². The second-order valence-corrected chi connectivity index (χ2v) is 4.69. The third-order valence-corrected chi connectivity index (χ3v) is 3.38. The highest BCUT2D eigenvalue weighted by atomic mass is 16.5. The Balaban J connectivity index is 2.34. The number of carbonyl (C=O) groups excluding carboxylic acids is 2. The summed E-state index contributed by atoms with van der Waals surface area (Å²) in [5.41, 5.74) is 11.6. The summed E-state index contributed by atoms with van der Waals surface area (Å²) in [4.78, 5) is 25.1. The molecule has 2 atom stereocenters. The molecule has 1 saturated heterocycles. The number of primary amides is 1. The molecule has 20 heavy (non-hydrogen) atoms. The summed E-state index contributed by atoms with van der Waals surface area (Å²) < 4.78 is 5.06. The van der Waals surface area contributed by atoms with Crippen molar-refractivity contribution in [2.75, 3.05) is 19.4 Å². The molecule has 2 rings (SSSR count). The van der Waals surface area contributed by atoms with Crippen LogP contribution in [-0.4, -0.2) is 47.6 Å². The number of nitrogens with zero attached hydrogens (tertiary/aromatic N) is 1. The minimum atomic E-state index is -0.817. The molecule has 1 aliphatic rings. The van der Waals surface area contributed by atoms with Gasteiger partial charge >= 0.3 is 0 Å². The topological polar surface area (TPSA) is 119 Å². The summed E-state index contributed by atoms with van der Waals surface area (Å²) in [5, 5.41) is 9.63. The molecule has 0 radical (unpaired) electrons. The SMILES string of the molecule is COc1cccc(C(=O)N2CC(O)CC2C(N)=O)c1N. The number of likely N-dealkylation sites (tertiary alicyclic amines) is 1. The van der Waals surface area contributed by atoms with E-state index in [1.807, 2.05) is 0 Å². The number of β-amino-alcohol motifs (C(OH)–C–C–N with tert-alkyl or cyclic N) is 1. The molecule has 1 aromatic rings. The third kappa shape index (κ3) is 2.39. The molecule has 1 aliphatic heterocycles. The maximum atomic E-state index is 12.5. The van der Waals surface area contributed by atoms with Gasteiger partial charge in [0.1, 0.15) is 11.8 Å². The van der Waals surface area contributed by atoms with Gasteiger partial charge in [0.15, 0.2) is 0 Å². The Labute approximate surface area is 116 Å². The molecule has 0 aromatic heterocycles. The number of hydrogen-bond acceptors (Lipinski definition) is 5. The largest absolute Gasteiger partial charge is 0.495 e. The second-order valence-electron chi connectivity index (χ2n) is 4.69. The number of aliphatic hydroxyl groups is 1. The van der Waals surface area contributed by atoms with E-state index in [0.717, 1.165) is 0 Å². The lowest BCUT2D eigenvalue weighted by Gasteiger charge is -2.23. The first-order chi connectivity index (χ1) is 9.45. The summed E-state index contributed by atoms with van der Waals surface area (Å²) >= 11 is 0. The van der Waals surface area contributed by atoms with Crippen LogP contribution < -0.4 is 16.2 Å². The molecule has 0 bridgehead atoms. The van der Waals surface area contributed by atoms with E-state index in [0.29, 0.717) is 5.75 Å². The van der Waals surface area contributed by atoms with Gasteiger partial charge in [0.05, 0.1) is 24.5 Å². The van der Waals surface area contributed by atoms with Crippen molar-refractivity contribution in [3.8, 4) is 5.75 Å². The van der Waals surface area contributed by atoms with E-state index in [-0.39, 0.29) is 24.2 Å². The number of hydrogen-bond donors (Lipinski definition) is 3. The van der Waals surface area contributed by atoms with Gasteiger partial charge < -0.3 is 26.2 Å². The van der Waals surface area contributed by atoms with Crippen LogP contribution >= 0.6 is 0 Å². The lowest BCUT2D eigenvalue weighted by atomic mass is 10.1. The maximum absolute atomic E-state index is 12.5. The fourth-order valence-corrected chi connectivity index (χ4v) is 2.37. The van der Waals surface area contributed by atoms with Crippen molar-refractivity contribution >= 4 is 17.5 Å². The Morgan fingerprint density at radius 3 is 2.75 bits per heavy atom. The molecule has 2 unspecified atom stereocenters. The van der Waals surface area contributed by atoms with Crippen LogP contribution in [-0.2, 0) is 4.79 Å². The van der Waals surface area contributed by atoms with E-state index in [1.165, 1.54) is 12.0 Å². The number of benzene rings is 1. The lowest BCUT2D eigenvalue weighted by molar-refractivity contribution is -0.121. The summed E-state index contributed by atoms with van der Waals surface area (Å²) in [6.07, 6.45) is -0.617. The van der Waals surface area contributed by atoms with Crippen molar-refractivity contribution in [3.63, 3.8) is 0 Å². The first kappa shape index (κ1) is 14.1. The van der Waals surface area contributed by atoms with Crippen molar-refractivity contribution in [1.82, 2.24) is 4.90 Å². The summed E-state index contributed by atoms with van der Waals surface area (Å²) in [6, 6.07) is 4.00. The highest BCUT2D eigenvalue weighted by Gasteiger charge is 2.38. The van der Waals surface area contributed by atoms with Gasteiger partial charge in [-0.05, 0) is 12.1 Å². The number of nitrogen functional groups attached to an aromatic ring is 1. The van der Waals surface area contributed by atoms with E-state index < -0.39 is 24.0 Å². The summed E-state index contributed by atoms with van der Waals surface area (Å²) in [6.45, 7) is 0.0586. The van der Waals surface area contributed by atoms with Crippen molar-refractivity contribution in [3.05, 3.63) is 23.8 Å². The van der Waals surface area contributed by atoms with Crippen LogP contribution in [0.25, 0.3) is 0 Å². The molecule has 0 spiro atoms. The molecule has 7 heteroatoms. The Morgan fingerprint density at radius 2 is 2.15 bits per heavy atom. The highest BCUT2D eigenvalue weighted by molar-refractivity contribution is 6.02. The smallest absolute Gasteiger partial charge is 0.256 e. The van der Waals surface area contributed by atoms with Gasteiger partial charge in [-0.2, -0.15) is 0 Å². The first-order valence-corrected chi connectivity index (χ1v) is 6.16. The summed E-state index contributed by atoms with van der Waals surface area (Å²) in [5.74, 6) is -0.704. The van der Waals surface area contributed by atoms with E-state index >= 15 is 0 Å². The lowest BCUT2D eigenvalue weighted by Crippen LogP contribution is -2.44. The minimum Gasteiger partial charge on any atom is -0.495 e. The Kier molecular flexibility index (Phi) is 3.80. The molecular weight excluding hydrogens is 262 g/mol. The average Bonchev–Trinajstić information content (AvgIpc) is 2.80. The Morgan fingerprint density at radius 1 is 1.45 bits per heavy atom. The van der Waals surface area contributed by atoms with Crippen LogP contribution in [0.3, 0.4) is 0 Å². The molecule has 7 nitrogen and oxygen atoms in total. The van der Waals surface area contributed by atoms with Crippen molar-refractivity contribution in [1.29, 1.82) is 0 Å². The van der Waals surface area contributed by atoms with Crippen molar-refractivity contribution in [2.24, 2.45) is 5.73 Å². The van der Waals surface area contributed by atoms with Crippen LogP contribution in [0.1, 0.15) is 16.8 Å². The molecule has 0 aliphatic carbocycles. The molecule has 1 heterocycles. The second kappa shape index (κ2) is 5.38. The fraction of sp³-hybridized carbons (Fsp3) is 0.385. The number of carbonyl (C=O) groups is 2. The Hall–Kier alpha value is -2.28. The first-order valence-electron chi connectivity index (χ1n) is 6.16. The number of methoxy groups -OCH3 is 1. The van der Waals surface area contributed by atoms with Gasteiger partial charge in [0.25, 0.3) is 5.91 Å². The number of nitrogens with two attached hydrogens (primary N) is 2. The minimum absolute atomic E-state index is 0.0586. The maximum Gasteiger partial charge on any atom is 0.256 e. The van der Waals surface area contributed by atoms with Gasteiger partial charge in [-0.1, -0.05) is 6.07 Å². The van der Waals surface area contributed by atoms with Gasteiger partial charge in [-0.3, -0.25) is 9.59 Å². The molecular formula is C13H17N3O4. The molecule has 1 aromatic carbocycles. The zero-order chi connectivity index (χ0) is 14.9. The number of aliphatic hydroxyl groups excluding tert-OH is 1.